The lowest BCUT2D eigenvalue weighted by Gasteiger charge is -2.35. The topological polar surface area (TPSA) is 33.5 Å². The number of benzene rings is 2. The largest absolute Gasteiger partial charge is 0.423 e. The molecule has 0 radical (unpaired) electrons. The van der Waals surface area contributed by atoms with E-state index in [0.717, 1.165) is 36.0 Å². The van der Waals surface area contributed by atoms with Crippen molar-refractivity contribution in [1.29, 1.82) is 0 Å². The Balaban J connectivity index is 1.84. The molecule has 0 bridgehead atoms. The standard InChI is InChI=1S/C21H23NO2/c1-14-9-15(2)12-22(11-14)13-17-10-20(23)24-19-8-7-16-5-3-4-6-18(16)21(17)19/h3-8,10,14-15H,9,11-13H2,1-2H3/t14-,15+. The fourth-order valence-electron chi connectivity index (χ4n) is 4.31. The van der Waals surface area contributed by atoms with Gasteiger partial charge in [-0.25, -0.2) is 4.79 Å². The number of fused-ring (bicyclic) bond motifs is 3. The van der Waals surface area contributed by atoms with Crippen LogP contribution < -0.4 is 5.63 Å². The molecule has 0 aliphatic carbocycles. The van der Waals surface area contributed by atoms with Crippen LogP contribution >= 0.6 is 0 Å². The number of hydrogen-bond donors (Lipinski definition) is 0. The summed E-state index contributed by atoms with van der Waals surface area (Å²) < 4.78 is 5.47. The minimum absolute atomic E-state index is 0.258. The van der Waals surface area contributed by atoms with Crippen molar-refractivity contribution < 1.29 is 4.42 Å². The molecule has 3 nitrogen and oxygen atoms in total. The van der Waals surface area contributed by atoms with E-state index in [1.165, 1.54) is 11.8 Å². The first-order valence-corrected chi connectivity index (χ1v) is 8.77. The first-order valence-electron chi connectivity index (χ1n) is 8.77. The molecule has 124 valence electrons. The van der Waals surface area contributed by atoms with Crippen LogP contribution in [0.3, 0.4) is 0 Å². The fraction of sp³-hybridized carbons (Fsp3) is 0.381. The lowest BCUT2D eigenvalue weighted by atomic mass is 9.91. The summed E-state index contributed by atoms with van der Waals surface area (Å²) in [6.45, 7) is 7.63. The fourth-order valence-corrected chi connectivity index (χ4v) is 4.31. The van der Waals surface area contributed by atoms with Crippen molar-refractivity contribution >= 4 is 21.7 Å². The molecule has 1 saturated heterocycles. The van der Waals surface area contributed by atoms with Crippen LogP contribution in [0.15, 0.2) is 51.7 Å². The molecule has 0 amide bonds. The van der Waals surface area contributed by atoms with Gasteiger partial charge in [-0.2, -0.15) is 0 Å². The van der Waals surface area contributed by atoms with Crippen LogP contribution in [0.25, 0.3) is 21.7 Å². The second-order valence-electron chi connectivity index (χ2n) is 7.39. The molecule has 3 heteroatoms. The highest BCUT2D eigenvalue weighted by Gasteiger charge is 2.22. The highest BCUT2D eigenvalue weighted by atomic mass is 16.4. The minimum atomic E-state index is -0.258. The first kappa shape index (κ1) is 15.4. The van der Waals surface area contributed by atoms with Crippen molar-refractivity contribution in [2.24, 2.45) is 11.8 Å². The molecule has 0 spiro atoms. The van der Waals surface area contributed by atoms with Crippen molar-refractivity contribution in [2.45, 2.75) is 26.8 Å². The molecule has 1 fully saturated rings. The molecular weight excluding hydrogens is 298 g/mol. The van der Waals surface area contributed by atoms with Gasteiger partial charge in [0, 0.05) is 31.1 Å². The molecule has 2 aromatic carbocycles. The molecule has 2 atom stereocenters. The maximum absolute atomic E-state index is 12.0. The average molecular weight is 321 g/mol. The number of likely N-dealkylation sites (tertiary alicyclic amines) is 1. The normalized spacial score (nSPS) is 22.2. The van der Waals surface area contributed by atoms with E-state index >= 15 is 0 Å². The third-order valence-electron chi connectivity index (χ3n) is 5.05. The van der Waals surface area contributed by atoms with Crippen molar-refractivity contribution in [2.75, 3.05) is 13.1 Å². The van der Waals surface area contributed by atoms with E-state index in [0.29, 0.717) is 17.4 Å². The molecule has 4 rings (SSSR count). The van der Waals surface area contributed by atoms with Crippen molar-refractivity contribution in [3.63, 3.8) is 0 Å². The number of piperidine rings is 1. The van der Waals surface area contributed by atoms with E-state index in [2.05, 4.69) is 30.9 Å². The third kappa shape index (κ3) is 2.84. The Bertz CT molecular complexity index is 933. The zero-order chi connectivity index (χ0) is 16.7. The Morgan fingerprint density at radius 1 is 1.08 bits per heavy atom. The van der Waals surface area contributed by atoms with E-state index in [1.54, 1.807) is 6.07 Å². The minimum Gasteiger partial charge on any atom is -0.423 e. The highest BCUT2D eigenvalue weighted by molar-refractivity contribution is 6.07. The summed E-state index contributed by atoms with van der Waals surface area (Å²) in [5.74, 6) is 1.41. The monoisotopic (exact) mass is 321 g/mol. The Hall–Kier alpha value is -2.13. The Morgan fingerprint density at radius 3 is 2.62 bits per heavy atom. The van der Waals surface area contributed by atoms with Gasteiger partial charge in [-0.3, -0.25) is 4.90 Å². The zero-order valence-corrected chi connectivity index (χ0v) is 14.3. The van der Waals surface area contributed by atoms with Gasteiger partial charge in [0.05, 0.1) is 0 Å². The number of rotatable bonds is 2. The van der Waals surface area contributed by atoms with Gasteiger partial charge in [-0.05, 0) is 40.7 Å². The molecule has 24 heavy (non-hydrogen) atoms. The molecule has 3 aromatic rings. The van der Waals surface area contributed by atoms with Crippen molar-refractivity contribution in [1.82, 2.24) is 4.90 Å². The van der Waals surface area contributed by atoms with Crippen LogP contribution in [0.1, 0.15) is 25.8 Å². The lowest BCUT2D eigenvalue weighted by molar-refractivity contribution is 0.134. The summed E-state index contributed by atoms with van der Waals surface area (Å²) in [6.07, 6.45) is 1.29. The predicted octanol–water partition coefficient (Wildman–Crippen LogP) is 4.42. The maximum atomic E-state index is 12.0. The van der Waals surface area contributed by atoms with Gasteiger partial charge in [0.25, 0.3) is 0 Å². The quantitative estimate of drug-likeness (QED) is 0.517. The summed E-state index contributed by atoms with van der Waals surface area (Å²) in [4.78, 5) is 14.5. The van der Waals surface area contributed by atoms with Crippen LogP contribution in [0.4, 0.5) is 0 Å². The van der Waals surface area contributed by atoms with Crippen molar-refractivity contribution in [3.05, 3.63) is 58.4 Å². The second kappa shape index (κ2) is 6.06. The van der Waals surface area contributed by atoms with Gasteiger partial charge in [0.15, 0.2) is 0 Å². The van der Waals surface area contributed by atoms with Crippen LogP contribution in [0.5, 0.6) is 0 Å². The van der Waals surface area contributed by atoms with Gasteiger partial charge in [0.2, 0.25) is 0 Å². The van der Waals surface area contributed by atoms with Gasteiger partial charge in [-0.1, -0.05) is 44.2 Å². The summed E-state index contributed by atoms with van der Waals surface area (Å²) in [7, 11) is 0. The van der Waals surface area contributed by atoms with Crippen LogP contribution in [-0.4, -0.2) is 18.0 Å². The first-order chi connectivity index (χ1) is 11.6. The van der Waals surface area contributed by atoms with Gasteiger partial charge < -0.3 is 4.42 Å². The van der Waals surface area contributed by atoms with Crippen LogP contribution in [0.2, 0.25) is 0 Å². The summed E-state index contributed by atoms with van der Waals surface area (Å²) >= 11 is 0. The smallest absolute Gasteiger partial charge is 0.336 e. The molecule has 0 N–H and O–H groups in total. The molecule has 1 aliphatic heterocycles. The van der Waals surface area contributed by atoms with Crippen molar-refractivity contribution in [3.8, 4) is 0 Å². The Kier molecular flexibility index (Phi) is 3.89. The predicted molar refractivity (Wildman–Crippen MR) is 98.2 cm³/mol. The molecule has 1 aliphatic rings. The zero-order valence-electron chi connectivity index (χ0n) is 14.3. The SMILES string of the molecule is C[C@@H]1C[C@H](C)CN(Cc2cc(=O)oc3ccc4ccccc4c23)C1. The van der Waals surface area contributed by atoms with Gasteiger partial charge in [0.1, 0.15) is 5.58 Å². The summed E-state index contributed by atoms with van der Waals surface area (Å²) in [6, 6.07) is 13.9. The molecule has 1 aromatic heterocycles. The lowest BCUT2D eigenvalue weighted by Crippen LogP contribution is -2.38. The number of hydrogen-bond acceptors (Lipinski definition) is 3. The van der Waals surface area contributed by atoms with E-state index < -0.39 is 0 Å². The average Bonchev–Trinajstić information content (AvgIpc) is 2.53. The maximum Gasteiger partial charge on any atom is 0.336 e. The van der Waals surface area contributed by atoms with Crippen LogP contribution in [0, 0.1) is 11.8 Å². The summed E-state index contributed by atoms with van der Waals surface area (Å²) in [5, 5.41) is 3.42. The van der Waals surface area contributed by atoms with Crippen LogP contribution in [-0.2, 0) is 6.54 Å². The van der Waals surface area contributed by atoms with Gasteiger partial charge >= 0.3 is 5.63 Å². The molecule has 2 heterocycles. The number of nitrogens with zero attached hydrogens (tertiary/aromatic N) is 1. The third-order valence-corrected chi connectivity index (χ3v) is 5.05. The van der Waals surface area contributed by atoms with Gasteiger partial charge in [-0.15, -0.1) is 0 Å². The Labute approximate surface area is 141 Å². The second-order valence-corrected chi connectivity index (χ2v) is 7.39. The molecule has 0 unspecified atom stereocenters. The molecule has 0 saturated carbocycles. The van der Waals surface area contributed by atoms with E-state index in [-0.39, 0.29) is 5.63 Å². The summed E-state index contributed by atoms with van der Waals surface area (Å²) in [5.41, 5.74) is 1.51. The molecular formula is C21H23NO2. The Morgan fingerprint density at radius 2 is 1.83 bits per heavy atom. The van der Waals surface area contributed by atoms with E-state index in [9.17, 15) is 4.79 Å². The van der Waals surface area contributed by atoms with E-state index in [4.69, 9.17) is 4.42 Å². The highest BCUT2D eigenvalue weighted by Crippen LogP contribution is 2.29. The van der Waals surface area contributed by atoms with E-state index in [1.807, 2.05) is 24.3 Å².